The number of benzene rings is 3. The lowest BCUT2D eigenvalue weighted by atomic mass is 9.97. The summed E-state index contributed by atoms with van der Waals surface area (Å²) in [5, 5.41) is 3.30. The summed E-state index contributed by atoms with van der Waals surface area (Å²) in [5.74, 6) is 0.504. The molecule has 0 spiro atoms. The number of aryl methyl sites for hydroxylation is 1. The van der Waals surface area contributed by atoms with Crippen LogP contribution < -0.4 is 9.47 Å². The van der Waals surface area contributed by atoms with Crippen molar-refractivity contribution >= 4 is 33.5 Å². The predicted octanol–water partition coefficient (Wildman–Crippen LogP) is 6.78. The van der Waals surface area contributed by atoms with Crippen LogP contribution in [-0.4, -0.2) is 37.4 Å². The minimum absolute atomic E-state index is 0.295. The lowest BCUT2D eigenvalue weighted by molar-refractivity contribution is -0.152. The van der Waals surface area contributed by atoms with Crippen LogP contribution in [0, 0.1) is 0 Å². The molecule has 2 atom stereocenters. The van der Waals surface area contributed by atoms with Crippen LogP contribution in [-0.2, 0) is 25.5 Å². The Morgan fingerprint density at radius 2 is 1.14 bits per heavy atom. The third-order valence-electron chi connectivity index (χ3n) is 6.12. The molecule has 0 aromatic heterocycles. The average molecular weight is 495 g/mol. The first-order valence-electron chi connectivity index (χ1n) is 13.1. The van der Waals surface area contributed by atoms with Gasteiger partial charge in [-0.05, 0) is 44.7 Å². The first-order chi connectivity index (χ1) is 17.5. The third kappa shape index (κ3) is 6.10. The van der Waals surface area contributed by atoms with Crippen molar-refractivity contribution in [1.82, 2.24) is 0 Å². The number of esters is 2. The Labute approximate surface area is 213 Å². The molecule has 6 heteroatoms. The van der Waals surface area contributed by atoms with E-state index in [1.54, 1.807) is 13.8 Å². The molecular formula is C30H38O6. The molecule has 3 aromatic carbocycles. The van der Waals surface area contributed by atoms with Crippen molar-refractivity contribution < 1.29 is 28.5 Å². The molecule has 0 heterocycles. The molecule has 0 saturated heterocycles. The summed E-state index contributed by atoms with van der Waals surface area (Å²) in [6.07, 6.45) is 2.05. The summed E-state index contributed by atoms with van der Waals surface area (Å²) in [6.45, 7) is 10.3. The average Bonchev–Trinajstić information content (AvgIpc) is 2.89. The third-order valence-corrected chi connectivity index (χ3v) is 6.12. The van der Waals surface area contributed by atoms with Crippen molar-refractivity contribution in [1.29, 1.82) is 0 Å². The molecule has 0 radical (unpaired) electrons. The highest BCUT2D eigenvalue weighted by Crippen LogP contribution is 2.44. The van der Waals surface area contributed by atoms with Gasteiger partial charge >= 0.3 is 11.9 Å². The number of fused-ring (bicyclic) bond motifs is 2. The highest BCUT2D eigenvalue weighted by molar-refractivity contribution is 6.11. The normalized spacial score (nSPS) is 12.8. The summed E-state index contributed by atoms with van der Waals surface area (Å²) in [4.78, 5) is 25.4. The fourth-order valence-corrected chi connectivity index (χ4v) is 4.35. The molecule has 36 heavy (non-hydrogen) atoms. The summed E-state index contributed by atoms with van der Waals surface area (Å²) in [6, 6.07) is 13.9. The van der Waals surface area contributed by atoms with E-state index in [0.717, 1.165) is 46.4 Å². The van der Waals surface area contributed by atoms with E-state index in [0.29, 0.717) is 37.6 Å². The predicted molar refractivity (Wildman–Crippen MR) is 143 cm³/mol. The molecule has 0 N–H and O–H groups in total. The molecule has 0 saturated carbocycles. The second kappa shape index (κ2) is 13.1. The van der Waals surface area contributed by atoms with Gasteiger partial charge in [0, 0.05) is 21.5 Å². The molecule has 0 fully saturated rings. The topological polar surface area (TPSA) is 71.1 Å². The van der Waals surface area contributed by atoms with Crippen molar-refractivity contribution in [3.8, 4) is 11.5 Å². The number of hydrogen-bond acceptors (Lipinski definition) is 6. The van der Waals surface area contributed by atoms with Crippen LogP contribution in [0.25, 0.3) is 21.5 Å². The number of hydrogen-bond donors (Lipinski definition) is 0. The van der Waals surface area contributed by atoms with Gasteiger partial charge in [-0.25, -0.2) is 9.59 Å². The van der Waals surface area contributed by atoms with Gasteiger partial charge in [0.15, 0.2) is 12.2 Å². The highest BCUT2D eigenvalue weighted by atomic mass is 16.6. The standard InChI is InChI=1S/C30H38O6/c1-6-13-25(29(31)33-9-4)35-27-21-15-11-12-16-22(21)28(24-19-20(8-3)17-18-23(24)27)36-26(14-7-2)30(32)34-10-5/h11-12,15-19,25-26H,6-10,13-14H2,1-5H3. The molecule has 0 amide bonds. The summed E-state index contributed by atoms with van der Waals surface area (Å²) in [5.41, 5.74) is 1.13. The fourth-order valence-electron chi connectivity index (χ4n) is 4.35. The maximum absolute atomic E-state index is 12.7. The van der Waals surface area contributed by atoms with E-state index >= 15 is 0 Å². The summed E-state index contributed by atoms with van der Waals surface area (Å²) >= 11 is 0. The van der Waals surface area contributed by atoms with Crippen LogP contribution >= 0.6 is 0 Å². The second-order valence-electron chi connectivity index (χ2n) is 8.73. The van der Waals surface area contributed by atoms with Crippen LogP contribution in [0.2, 0.25) is 0 Å². The van der Waals surface area contributed by atoms with Crippen LogP contribution in [0.1, 0.15) is 65.9 Å². The lowest BCUT2D eigenvalue weighted by Gasteiger charge is -2.24. The van der Waals surface area contributed by atoms with Crippen LogP contribution in [0.3, 0.4) is 0 Å². The molecule has 0 aliphatic rings. The Morgan fingerprint density at radius 1 is 0.667 bits per heavy atom. The zero-order valence-electron chi connectivity index (χ0n) is 22.1. The maximum Gasteiger partial charge on any atom is 0.347 e. The molecule has 0 bridgehead atoms. The first-order valence-corrected chi connectivity index (χ1v) is 13.1. The lowest BCUT2D eigenvalue weighted by Crippen LogP contribution is -2.30. The van der Waals surface area contributed by atoms with Crippen molar-refractivity contribution in [2.24, 2.45) is 0 Å². The zero-order valence-corrected chi connectivity index (χ0v) is 22.1. The van der Waals surface area contributed by atoms with Crippen LogP contribution in [0.15, 0.2) is 42.5 Å². The minimum Gasteiger partial charge on any atom is -0.477 e. The largest absolute Gasteiger partial charge is 0.477 e. The van der Waals surface area contributed by atoms with Gasteiger partial charge in [-0.2, -0.15) is 0 Å². The van der Waals surface area contributed by atoms with Crippen molar-refractivity contribution in [3.05, 3.63) is 48.0 Å². The Kier molecular flexibility index (Phi) is 9.97. The van der Waals surface area contributed by atoms with Gasteiger partial charge in [-0.3, -0.25) is 0 Å². The number of carbonyl (C=O) groups excluding carboxylic acids is 2. The van der Waals surface area contributed by atoms with E-state index in [-0.39, 0.29) is 11.9 Å². The smallest absolute Gasteiger partial charge is 0.347 e. The number of ether oxygens (including phenoxy) is 4. The molecular weight excluding hydrogens is 456 g/mol. The van der Waals surface area contributed by atoms with E-state index in [9.17, 15) is 9.59 Å². The minimum atomic E-state index is -0.717. The van der Waals surface area contributed by atoms with E-state index in [1.807, 2.05) is 44.2 Å². The molecule has 2 unspecified atom stereocenters. The number of rotatable bonds is 13. The van der Waals surface area contributed by atoms with Gasteiger partial charge < -0.3 is 18.9 Å². The van der Waals surface area contributed by atoms with Crippen LogP contribution in [0.4, 0.5) is 0 Å². The van der Waals surface area contributed by atoms with Crippen LogP contribution in [0.5, 0.6) is 11.5 Å². The van der Waals surface area contributed by atoms with Gasteiger partial charge in [0.1, 0.15) is 11.5 Å². The van der Waals surface area contributed by atoms with Gasteiger partial charge in [0.2, 0.25) is 0 Å². The van der Waals surface area contributed by atoms with E-state index in [4.69, 9.17) is 18.9 Å². The quantitative estimate of drug-likeness (QED) is 0.193. The monoisotopic (exact) mass is 494 g/mol. The molecule has 0 aliphatic heterocycles. The molecule has 194 valence electrons. The summed E-state index contributed by atoms with van der Waals surface area (Å²) in [7, 11) is 0. The summed E-state index contributed by atoms with van der Waals surface area (Å²) < 4.78 is 23.5. The Bertz CT molecular complexity index is 1180. The molecule has 6 nitrogen and oxygen atoms in total. The SMILES string of the molecule is CCCC(Oc1c2ccccc2c(OC(CCC)C(=O)OCC)c2cc(CC)ccc12)C(=O)OCC. The zero-order chi connectivity index (χ0) is 26.1. The van der Waals surface area contributed by atoms with E-state index in [1.165, 1.54) is 0 Å². The first kappa shape index (κ1) is 27.3. The van der Waals surface area contributed by atoms with Gasteiger partial charge in [-0.1, -0.05) is 70.0 Å². The van der Waals surface area contributed by atoms with E-state index in [2.05, 4.69) is 19.1 Å². The van der Waals surface area contributed by atoms with Crippen molar-refractivity contribution in [3.63, 3.8) is 0 Å². The van der Waals surface area contributed by atoms with Crippen molar-refractivity contribution in [2.45, 2.75) is 78.9 Å². The van der Waals surface area contributed by atoms with Crippen molar-refractivity contribution in [2.75, 3.05) is 13.2 Å². The van der Waals surface area contributed by atoms with E-state index < -0.39 is 12.2 Å². The molecule has 3 rings (SSSR count). The molecule has 0 aliphatic carbocycles. The maximum atomic E-state index is 12.7. The Balaban J connectivity index is 2.25. The van der Waals surface area contributed by atoms with Gasteiger partial charge in [0.05, 0.1) is 13.2 Å². The second-order valence-corrected chi connectivity index (χ2v) is 8.73. The fraction of sp³-hybridized carbons (Fsp3) is 0.467. The van der Waals surface area contributed by atoms with Gasteiger partial charge in [0.25, 0.3) is 0 Å². The Morgan fingerprint density at radius 3 is 1.58 bits per heavy atom. The molecule has 3 aromatic rings. The highest BCUT2D eigenvalue weighted by Gasteiger charge is 2.27. The Hall–Kier alpha value is -3.28. The van der Waals surface area contributed by atoms with Gasteiger partial charge in [-0.15, -0.1) is 0 Å². The number of carbonyl (C=O) groups is 2.